The van der Waals surface area contributed by atoms with Gasteiger partial charge in [0.15, 0.2) is 13.2 Å². The number of nitrogens with zero attached hydrogens (tertiary/aromatic N) is 1. The summed E-state index contributed by atoms with van der Waals surface area (Å²) in [5.74, 6) is -0.360. The number of halogens is 6. The van der Waals surface area contributed by atoms with E-state index in [-0.39, 0.29) is 29.2 Å². The van der Waals surface area contributed by atoms with Gasteiger partial charge in [-0.1, -0.05) is 24.3 Å². The van der Waals surface area contributed by atoms with E-state index in [4.69, 9.17) is 4.74 Å². The Balaban J connectivity index is 2.20. The molecule has 0 aromatic heterocycles. The highest BCUT2D eigenvalue weighted by Gasteiger charge is 2.30. The Kier molecular flexibility index (Phi) is 7.30. The number of benzene rings is 2. The van der Waals surface area contributed by atoms with Gasteiger partial charge in [-0.2, -0.15) is 26.3 Å². The van der Waals surface area contributed by atoms with E-state index < -0.39 is 30.5 Å². The third-order valence-corrected chi connectivity index (χ3v) is 3.55. The Bertz CT molecular complexity index is 909. The van der Waals surface area contributed by atoms with Crippen molar-refractivity contribution >= 4 is 11.8 Å². The predicted molar refractivity (Wildman–Crippen MR) is 95.4 cm³/mol. The molecule has 0 aliphatic heterocycles. The summed E-state index contributed by atoms with van der Waals surface area (Å²) >= 11 is 0. The topological polar surface area (TPSA) is 61.6 Å². The fraction of sp³-hybridized carbons (Fsp3) is 0.263. The molecule has 0 atom stereocenters. The molecular formula is C19H15F6NO4. The average Bonchev–Trinajstić information content (AvgIpc) is 2.64. The van der Waals surface area contributed by atoms with Crippen LogP contribution in [0.5, 0.6) is 11.5 Å². The lowest BCUT2D eigenvalue weighted by Gasteiger charge is -2.15. The van der Waals surface area contributed by atoms with Gasteiger partial charge in [0.1, 0.15) is 11.5 Å². The first-order valence-corrected chi connectivity index (χ1v) is 8.36. The number of rotatable bonds is 8. The van der Waals surface area contributed by atoms with E-state index in [0.29, 0.717) is 5.56 Å². The van der Waals surface area contributed by atoms with Crippen molar-refractivity contribution in [2.24, 2.45) is 0 Å². The molecule has 0 spiro atoms. The molecule has 11 heteroatoms. The Hall–Kier alpha value is -3.24. The fourth-order valence-corrected chi connectivity index (χ4v) is 2.33. The van der Waals surface area contributed by atoms with E-state index in [9.17, 15) is 36.5 Å². The minimum absolute atomic E-state index is 0.0148. The molecule has 0 radical (unpaired) electrons. The average molecular weight is 435 g/mol. The summed E-state index contributed by atoms with van der Waals surface area (Å²) in [6.45, 7) is -3.13. The first-order chi connectivity index (χ1) is 13.9. The van der Waals surface area contributed by atoms with Gasteiger partial charge in [0.05, 0.1) is 4.92 Å². The molecule has 0 N–H and O–H groups in total. The van der Waals surface area contributed by atoms with E-state index in [1.54, 1.807) is 6.07 Å². The Morgan fingerprint density at radius 3 is 2.23 bits per heavy atom. The smallest absolute Gasteiger partial charge is 0.422 e. The highest BCUT2D eigenvalue weighted by molar-refractivity contribution is 5.54. The minimum Gasteiger partial charge on any atom is -0.484 e. The number of allylic oxidation sites excluding steroid dienone is 1. The maximum Gasteiger partial charge on any atom is 0.422 e. The maximum absolute atomic E-state index is 12.4. The van der Waals surface area contributed by atoms with Gasteiger partial charge < -0.3 is 9.47 Å². The minimum atomic E-state index is -4.60. The molecule has 162 valence electrons. The summed E-state index contributed by atoms with van der Waals surface area (Å²) in [6.07, 6.45) is -6.21. The van der Waals surface area contributed by atoms with Crippen molar-refractivity contribution in [1.82, 2.24) is 0 Å². The van der Waals surface area contributed by atoms with Crippen molar-refractivity contribution in [3.05, 3.63) is 69.8 Å². The zero-order valence-electron chi connectivity index (χ0n) is 15.2. The second-order valence-corrected chi connectivity index (χ2v) is 6.04. The Labute approximate surface area is 166 Å². The number of hydrogen-bond donors (Lipinski definition) is 0. The van der Waals surface area contributed by atoms with Crippen LogP contribution in [0.3, 0.4) is 0 Å². The maximum atomic E-state index is 12.4. The van der Waals surface area contributed by atoms with Crippen LogP contribution in [0.2, 0.25) is 0 Å². The predicted octanol–water partition coefficient (Wildman–Crippen LogP) is 5.73. The van der Waals surface area contributed by atoms with E-state index in [2.05, 4.69) is 4.74 Å². The van der Waals surface area contributed by atoms with Crippen LogP contribution >= 0.6 is 0 Å². The Morgan fingerprint density at radius 2 is 1.60 bits per heavy atom. The van der Waals surface area contributed by atoms with Gasteiger partial charge in [0.2, 0.25) is 0 Å². The Morgan fingerprint density at radius 1 is 0.933 bits per heavy atom. The number of nitro benzene ring substituents is 1. The lowest BCUT2D eigenvalue weighted by Crippen LogP contribution is -2.20. The molecule has 0 saturated carbocycles. The fourth-order valence-electron chi connectivity index (χ4n) is 2.33. The first kappa shape index (κ1) is 23.0. The van der Waals surface area contributed by atoms with Gasteiger partial charge in [-0.25, -0.2) is 0 Å². The van der Waals surface area contributed by atoms with Crippen LogP contribution in [0, 0.1) is 10.1 Å². The molecular weight excluding hydrogens is 420 g/mol. The van der Waals surface area contributed by atoms with Gasteiger partial charge in [-0.05, 0) is 30.2 Å². The van der Waals surface area contributed by atoms with Crippen molar-refractivity contribution in [2.75, 3.05) is 13.2 Å². The van der Waals surface area contributed by atoms with E-state index >= 15 is 0 Å². The highest BCUT2D eigenvalue weighted by atomic mass is 19.4. The number of ether oxygens (including phenoxy) is 2. The molecule has 0 aliphatic carbocycles. The van der Waals surface area contributed by atoms with Crippen LogP contribution in [0.4, 0.5) is 32.0 Å². The standard InChI is InChI=1S/C19H15F6NO4/c20-18(21,22)11-29-16-7-8-17(30-12-19(23,24)25)14(10-16)5-1-3-13-4-2-6-15(9-13)26(27)28/h1-4,6-10H,5,11-12H2. The van der Waals surface area contributed by atoms with Gasteiger partial charge in [-0.15, -0.1) is 0 Å². The molecule has 0 bridgehead atoms. The number of alkyl halides is 6. The van der Waals surface area contributed by atoms with E-state index in [0.717, 1.165) is 18.2 Å². The summed E-state index contributed by atoms with van der Waals surface area (Å²) < 4.78 is 83.6. The van der Waals surface area contributed by atoms with Gasteiger partial charge in [-0.3, -0.25) is 10.1 Å². The zero-order valence-corrected chi connectivity index (χ0v) is 15.2. The van der Waals surface area contributed by atoms with Crippen LogP contribution in [-0.2, 0) is 6.42 Å². The summed E-state index contributed by atoms with van der Waals surface area (Å²) in [7, 11) is 0. The lowest BCUT2D eigenvalue weighted by atomic mass is 10.1. The molecule has 0 fully saturated rings. The highest BCUT2D eigenvalue weighted by Crippen LogP contribution is 2.28. The van der Waals surface area contributed by atoms with E-state index in [1.165, 1.54) is 30.4 Å². The second-order valence-electron chi connectivity index (χ2n) is 6.04. The first-order valence-electron chi connectivity index (χ1n) is 8.36. The third kappa shape index (κ3) is 8.02. The number of non-ortho nitro benzene ring substituents is 1. The summed E-state index contributed by atoms with van der Waals surface area (Å²) in [6, 6.07) is 8.94. The van der Waals surface area contributed by atoms with Crippen LogP contribution in [0.15, 0.2) is 48.5 Å². The third-order valence-electron chi connectivity index (χ3n) is 3.55. The van der Waals surface area contributed by atoms with Gasteiger partial charge in [0, 0.05) is 17.7 Å². The van der Waals surface area contributed by atoms with Crippen molar-refractivity contribution in [1.29, 1.82) is 0 Å². The molecule has 2 rings (SSSR count). The van der Waals surface area contributed by atoms with Crippen LogP contribution in [0.25, 0.3) is 6.08 Å². The van der Waals surface area contributed by atoms with Crippen LogP contribution in [-0.4, -0.2) is 30.5 Å². The van der Waals surface area contributed by atoms with E-state index in [1.807, 2.05) is 0 Å². The van der Waals surface area contributed by atoms with Crippen molar-refractivity contribution < 1.29 is 40.7 Å². The molecule has 0 aliphatic rings. The molecule has 0 heterocycles. The largest absolute Gasteiger partial charge is 0.484 e. The van der Waals surface area contributed by atoms with Crippen LogP contribution < -0.4 is 9.47 Å². The molecule has 5 nitrogen and oxygen atoms in total. The van der Waals surface area contributed by atoms with Gasteiger partial charge >= 0.3 is 12.4 Å². The molecule has 2 aromatic rings. The molecule has 0 amide bonds. The molecule has 0 saturated heterocycles. The zero-order chi connectivity index (χ0) is 22.4. The van der Waals surface area contributed by atoms with Crippen LogP contribution in [0.1, 0.15) is 11.1 Å². The number of hydrogen-bond acceptors (Lipinski definition) is 4. The normalized spacial score (nSPS) is 12.2. The SMILES string of the molecule is O=[N+]([O-])c1cccc(C=CCc2cc(OCC(F)(F)F)ccc2OCC(F)(F)F)c1. The van der Waals surface area contributed by atoms with Crippen molar-refractivity contribution in [2.45, 2.75) is 18.8 Å². The molecule has 2 aromatic carbocycles. The summed E-state index contributed by atoms with van der Waals surface area (Å²) in [4.78, 5) is 10.2. The summed E-state index contributed by atoms with van der Waals surface area (Å²) in [5, 5.41) is 10.8. The van der Waals surface area contributed by atoms with Crippen molar-refractivity contribution in [3.63, 3.8) is 0 Å². The molecule has 0 unspecified atom stereocenters. The lowest BCUT2D eigenvalue weighted by molar-refractivity contribution is -0.384. The van der Waals surface area contributed by atoms with Gasteiger partial charge in [0.25, 0.3) is 5.69 Å². The second kappa shape index (κ2) is 9.51. The monoisotopic (exact) mass is 435 g/mol. The molecule has 30 heavy (non-hydrogen) atoms. The van der Waals surface area contributed by atoms with Crippen molar-refractivity contribution in [3.8, 4) is 11.5 Å². The number of nitro groups is 1. The quantitative estimate of drug-likeness (QED) is 0.302. The summed E-state index contributed by atoms with van der Waals surface area (Å²) in [5.41, 5.74) is 0.473.